The number of rotatable bonds is 5. The molecule has 1 N–H and O–H groups in total. The van der Waals surface area contributed by atoms with E-state index in [1.807, 2.05) is 0 Å². The maximum atomic E-state index is 14.9. The molecule has 4 heterocycles. The number of hydrogen-bond donors (Lipinski definition) is 1. The van der Waals surface area contributed by atoms with E-state index >= 15 is 0 Å². The monoisotopic (exact) mass is 574 g/mol. The van der Waals surface area contributed by atoms with Crippen LogP contribution in [0.25, 0.3) is 5.82 Å². The van der Waals surface area contributed by atoms with Gasteiger partial charge >= 0.3 is 12.3 Å². The zero-order chi connectivity index (χ0) is 29.6. The zero-order valence-electron chi connectivity index (χ0n) is 21.6. The molecule has 1 atom stereocenters. The Morgan fingerprint density at radius 2 is 1.85 bits per heavy atom. The highest BCUT2D eigenvalue weighted by Gasteiger charge is 2.50. The Morgan fingerprint density at radius 3 is 2.45 bits per heavy atom. The van der Waals surface area contributed by atoms with Gasteiger partial charge in [0.15, 0.2) is 23.2 Å². The van der Waals surface area contributed by atoms with Gasteiger partial charge in [-0.3, -0.25) is 14.4 Å². The third-order valence-electron chi connectivity index (χ3n) is 5.59. The third kappa shape index (κ3) is 6.51. The second-order valence-corrected chi connectivity index (χ2v) is 10.1. The van der Waals surface area contributed by atoms with E-state index < -0.39 is 66.8 Å². The smallest absolute Gasteiger partial charge is 0.435 e. The number of halogens is 6. The first-order valence-electron chi connectivity index (χ1n) is 11.8. The number of amides is 2. The topological polar surface area (TPSA) is 120 Å². The van der Waals surface area contributed by atoms with Crippen LogP contribution < -0.4 is 5.32 Å². The number of ether oxygens (including phenoxy) is 1. The molecule has 4 rings (SSSR count). The number of likely N-dealkylation sites (tertiary alicyclic amines) is 1. The molecule has 0 radical (unpaired) electrons. The van der Waals surface area contributed by atoms with Gasteiger partial charge < -0.3 is 10.1 Å². The molecule has 40 heavy (non-hydrogen) atoms. The molecule has 0 spiro atoms. The fourth-order valence-electron chi connectivity index (χ4n) is 3.90. The molecule has 216 valence electrons. The van der Waals surface area contributed by atoms with E-state index in [1.54, 1.807) is 20.8 Å². The summed E-state index contributed by atoms with van der Waals surface area (Å²) >= 11 is 0. The van der Waals surface area contributed by atoms with E-state index in [2.05, 4.69) is 25.5 Å². The summed E-state index contributed by atoms with van der Waals surface area (Å²) in [7, 11) is 0. The molecule has 3 aromatic rings. The van der Waals surface area contributed by atoms with Gasteiger partial charge in [-0.15, -0.1) is 5.10 Å². The van der Waals surface area contributed by atoms with Crippen molar-refractivity contribution in [2.45, 2.75) is 64.4 Å². The van der Waals surface area contributed by atoms with Crippen LogP contribution in [0.2, 0.25) is 0 Å². The van der Waals surface area contributed by atoms with Crippen LogP contribution in [0.5, 0.6) is 0 Å². The Labute approximate surface area is 223 Å². The minimum absolute atomic E-state index is 0.0920. The van der Waals surface area contributed by atoms with Crippen LogP contribution in [0, 0.1) is 12.7 Å². The number of aryl methyl sites for hydroxylation is 1. The number of pyridine rings is 1. The first kappa shape index (κ1) is 28.8. The molecule has 0 aromatic carbocycles. The number of alkyl halides is 5. The first-order valence-corrected chi connectivity index (χ1v) is 11.8. The average Bonchev–Trinajstić information content (AvgIpc) is 3.50. The molecule has 1 aliphatic rings. The summed E-state index contributed by atoms with van der Waals surface area (Å²) in [6.07, 6.45) is -4.33. The molecule has 3 aromatic heterocycles. The second-order valence-electron chi connectivity index (χ2n) is 10.1. The summed E-state index contributed by atoms with van der Waals surface area (Å²) in [5.74, 6) is -5.57. The molecule has 2 amide bonds. The van der Waals surface area contributed by atoms with Gasteiger partial charge in [0.05, 0.1) is 18.4 Å². The summed E-state index contributed by atoms with van der Waals surface area (Å²) in [5, 5.41) is 9.69. The van der Waals surface area contributed by atoms with Gasteiger partial charge in [-0.2, -0.15) is 23.0 Å². The van der Waals surface area contributed by atoms with Crippen molar-refractivity contribution in [1.82, 2.24) is 34.4 Å². The van der Waals surface area contributed by atoms with Gasteiger partial charge in [0.1, 0.15) is 24.5 Å². The summed E-state index contributed by atoms with van der Waals surface area (Å²) < 4.78 is 88.7. The molecule has 17 heteroatoms. The van der Waals surface area contributed by atoms with Gasteiger partial charge in [-0.05, 0) is 33.8 Å². The van der Waals surface area contributed by atoms with Crippen molar-refractivity contribution in [2.24, 2.45) is 0 Å². The van der Waals surface area contributed by atoms with Crippen LogP contribution >= 0.6 is 0 Å². The predicted octanol–water partition coefficient (Wildman–Crippen LogP) is 4.28. The maximum absolute atomic E-state index is 14.9. The number of nitrogens with one attached hydrogen (secondary N) is 1. The molecule has 0 bridgehead atoms. The minimum atomic E-state index is -4.68. The van der Waals surface area contributed by atoms with Crippen LogP contribution in [0.4, 0.5) is 36.8 Å². The summed E-state index contributed by atoms with van der Waals surface area (Å²) in [6, 6.07) is 0.432. The number of aromatic nitrogens is 6. The SMILES string of the molecule is Cc1cc(C(F)(F)F)nn1CC(=O)Nc1cnc(-n2cnc(C3CC(F)(F)CN3C(=O)OC(C)(C)C)n2)c(F)c1. The highest BCUT2D eigenvalue weighted by Crippen LogP contribution is 2.40. The highest BCUT2D eigenvalue weighted by atomic mass is 19.4. The lowest BCUT2D eigenvalue weighted by Gasteiger charge is -2.27. The van der Waals surface area contributed by atoms with Crippen molar-refractivity contribution >= 4 is 17.7 Å². The van der Waals surface area contributed by atoms with Crippen LogP contribution in [-0.4, -0.2) is 64.5 Å². The van der Waals surface area contributed by atoms with Crippen molar-refractivity contribution in [3.05, 3.63) is 47.7 Å². The van der Waals surface area contributed by atoms with Crippen LogP contribution in [0.15, 0.2) is 24.7 Å². The third-order valence-corrected chi connectivity index (χ3v) is 5.59. The quantitative estimate of drug-likeness (QED) is 0.452. The van der Waals surface area contributed by atoms with Gasteiger partial charge in [0.25, 0.3) is 5.92 Å². The lowest BCUT2D eigenvalue weighted by molar-refractivity contribution is -0.141. The largest absolute Gasteiger partial charge is 0.444 e. The predicted molar refractivity (Wildman–Crippen MR) is 125 cm³/mol. The Kier molecular flexibility index (Phi) is 7.27. The lowest BCUT2D eigenvalue weighted by Crippen LogP contribution is -2.38. The van der Waals surface area contributed by atoms with E-state index in [0.29, 0.717) is 0 Å². The highest BCUT2D eigenvalue weighted by molar-refractivity contribution is 5.90. The van der Waals surface area contributed by atoms with Gasteiger partial charge in [-0.25, -0.2) is 27.9 Å². The second kappa shape index (κ2) is 10.1. The average molecular weight is 574 g/mol. The number of nitrogens with zero attached hydrogens (tertiary/aromatic N) is 7. The van der Waals surface area contributed by atoms with Gasteiger partial charge in [0.2, 0.25) is 5.91 Å². The van der Waals surface area contributed by atoms with Crippen molar-refractivity contribution in [2.75, 3.05) is 11.9 Å². The Hall–Kier alpha value is -4.18. The number of carbonyl (C=O) groups is 2. The summed E-state index contributed by atoms with van der Waals surface area (Å²) in [5.41, 5.74) is -2.11. The molecule has 1 aliphatic heterocycles. The molecule has 11 nitrogen and oxygen atoms in total. The molecule has 1 fully saturated rings. The van der Waals surface area contributed by atoms with Crippen molar-refractivity contribution in [1.29, 1.82) is 0 Å². The Bertz CT molecular complexity index is 1430. The van der Waals surface area contributed by atoms with E-state index in [1.165, 1.54) is 6.92 Å². The van der Waals surface area contributed by atoms with Gasteiger partial charge in [-0.1, -0.05) is 0 Å². The molecule has 1 saturated heterocycles. The fraction of sp³-hybridized carbons (Fsp3) is 0.478. The Balaban J connectivity index is 1.47. The van der Waals surface area contributed by atoms with E-state index in [0.717, 1.165) is 38.9 Å². The van der Waals surface area contributed by atoms with Crippen LogP contribution in [0.3, 0.4) is 0 Å². The standard InChI is InChI=1S/C23H24F6N8O3/c1-12-5-16(23(27,28)29)33-36(12)9-17(38)32-13-6-14(24)19(30-8-13)37-11-31-18(34-37)15-7-22(25,26)10-35(15)20(39)40-21(2,3)4/h5-6,8,11,15H,7,9-10H2,1-4H3,(H,32,38). The van der Waals surface area contributed by atoms with Gasteiger partial charge in [0, 0.05) is 18.2 Å². The molecular formula is C23H24F6N8O3. The maximum Gasteiger partial charge on any atom is 0.435 e. The molecule has 0 aliphatic carbocycles. The lowest BCUT2D eigenvalue weighted by atomic mass is 10.2. The minimum Gasteiger partial charge on any atom is -0.444 e. The Morgan fingerprint density at radius 1 is 1.15 bits per heavy atom. The van der Waals surface area contributed by atoms with Crippen LogP contribution in [-0.2, 0) is 22.3 Å². The number of hydrogen-bond acceptors (Lipinski definition) is 7. The van der Waals surface area contributed by atoms with Crippen molar-refractivity contribution in [3.63, 3.8) is 0 Å². The van der Waals surface area contributed by atoms with E-state index in [-0.39, 0.29) is 23.0 Å². The molecular weight excluding hydrogens is 550 g/mol. The summed E-state index contributed by atoms with van der Waals surface area (Å²) in [4.78, 5) is 33.5. The van der Waals surface area contributed by atoms with Crippen LogP contribution in [0.1, 0.15) is 50.4 Å². The fourth-order valence-corrected chi connectivity index (χ4v) is 3.90. The molecule has 1 unspecified atom stereocenters. The zero-order valence-corrected chi connectivity index (χ0v) is 21.6. The number of anilines is 1. The first-order chi connectivity index (χ1) is 18.4. The van der Waals surface area contributed by atoms with E-state index in [9.17, 15) is 35.9 Å². The van der Waals surface area contributed by atoms with Crippen molar-refractivity contribution < 1.29 is 40.7 Å². The number of carbonyl (C=O) groups excluding carboxylic acids is 2. The normalized spacial score (nSPS) is 17.2. The van der Waals surface area contributed by atoms with Crippen molar-refractivity contribution in [3.8, 4) is 5.82 Å². The van der Waals surface area contributed by atoms with E-state index in [4.69, 9.17) is 4.74 Å². The molecule has 0 saturated carbocycles. The summed E-state index contributed by atoms with van der Waals surface area (Å²) in [6.45, 7) is 4.63.